The molecule has 0 saturated carbocycles. The number of phenolic OH excluding ortho intramolecular Hbond substituents is 1. The van der Waals surface area contributed by atoms with Gasteiger partial charge in [-0.05, 0) is 31.7 Å². The van der Waals surface area contributed by atoms with Gasteiger partial charge in [-0.15, -0.1) is 0 Å². The normalized spacial score (nSPS) is 14.1. The van der Waals surface area contributed by atoms with Crippen LogP contribution in [0.4, 0.5) is 0 Å². The summed E-state index contributed by atoms with van der Waals surface area (Å²) < 4.78 is 0. The van der Waals surface area contributed by atoms with Crippen molar-refractivity contribution in [1.82, 2.24) is 4.90 Å². The van der Waals surface area contributed by atoms with Gasteiger partial charge in [0.1, 0.15) is 5.75 Å². The summed E-state index contributed by atoms with van der Waals surface area (Å²) in [4.78, 5) is 1.92. The Hall–Kier alpha value is -1.75. The van der Waals surface area contributed by atoms with Gasteiger partial charge in [-0.3, -0.25) is 4.90 Å². The number of hydrogen-bond acceptors (Lipinski definition) is 4. The van der Waals surface area contributed by atoms with E-state index in [9.17, 15) is 5.11 Å². The van der Waals surface area contributed by atoms with Crippen molar-refractivity contribution in [1.29, 1.82) is 0 Å². The fourth-order valence-electron chi connectivity index (χ4n) is 1.39. The van der Waals surface area contributed by atoms with Crippen LogP contribution in [0.15, 0.2) is 29.4 Å². The molecule has 0 bridgehead atoms. The van der Waals surface area contributed by atoms with Crippen molar-refractivity contribution in [3.8, 4) is 5.75 Å². The summed E-state index contributed by atoms with van der Waals surface area (Å²) in [5.41, 5.74) is 6.48. The SMILES string of the molecule is CC(C(N)=NO)N(C)Cc1cccc(O)c1. The molecule has 16 heavy (non-hydrogen) atoms. The molecule has 0 fully saturated rings. The number of phenols is 1. The molecule has 0 aliphatic carbocycles. The maximum Gasteiger partial charge on any atom is 0.156 e. The van der Waals surface area contributed by atoms with Crippen molar-refractivity contribution in [2.75, 3.05) is 7.05 Å². The van der Waals surface area contributed by atoms with Crippen LogP contribution in [0.1, 0.15) is 12.5 Å². The molecule has 0 heterocycles. The van der Waals surface area contributed by atoms with Gasteiger partial charge in [0.15, 0.2) is 5.84 Å². The molecule has 1 unspecified atom stereocenters. The summed E-state index contributed by atoms with van der Waals surface area (Å²) >= 11 is 0. The second-order valence-corrected chi connectivity index (χ2v) is 3.79. The fourth-order valence-corrected chi connectivity index (χ4v) is 1.39. The Morgan fingerprint density at radius 1 is 1.56 bits per heavy atom. The molecule has 1 aromatic rings. The standard InChI is InChI=1S/C11H17N3O2/c1-8(11(12)13-16)14(2)7-9-4-3-5-10(15)6-9/h3-6,8,15-16H,7H2,1-2H3,(H2,12,13). The van der Waals surface area contributed by atoms with Crippen molar-refractivity contribution in [2.45, 2.75) is 19.5 Å². The van der Waals surface area contributed by atoms with Crippen molar-refractivity contribution < 1.29 is 10.3 Å². The first-order valence-corrected chi connectivity index (χ1v) is 5.00. The summed E-state index contributed by atoms with van der Waals surface area (Å²) in [7, 11) is 1.87. The Balaban J connectivity index is 2.67. The molecular weight excluding hydrogens is 206 g/mol. The lowest BCUT2D eigenvalue weighted by Gasteiger charge is -2.23. The van der Waals surface area contributed by atoms with Crippen molar-refractivity contribution in [3.63, 3.8) is 0 Å². The van der Waals surface area contributed by atoms with Gasteiger partial charge in [0, 0.05) is 6.54 Å². The number of likely N-dealkylation sites (N-methyl/N-ethyl adjacent to an activating group) is 1. The third-order valence-corrected chi connectivity index (χ3v) is 2.55. The monoisotopic (exact) mass is 223 g/mol. The van der Waals surface area contributed by atoms with Crippen LogP contribution in [0.3, 0.4) is 0 Å². The maximum atomic E-state index is 9.31. The lowest BCUT2D eigenvalue weighted by atomic mass is 10.2. The van der Waals surface area contributed by atoms with Gasteiger partial charge in [-0.1, -0.05) is 17.3 Å². The number of nitrogens with two attached hydrogens (primary N) is 1. The molecule has 1 atom stereocenters. The molecule has 88 valence electrons. The molecule has 0 aliphatic rings. The Bertz CT molecular complexity index is 379. The maximum absolute atomic E-state index is 9.31. The van der Waals surface area contributed by atoms with Gasteiger partial charge < -0.3 is 16.0 Å². The van der Waals surface area contributed by atoms with E-state index in [1.807, 2.05) is 24.9 Å². The van der Waals surface area contributed by atoms with Crippen molar-refractivity contribution in [2.24, 2.45) is 10.9 Å². The zero-order valence-corrected chi connectivity index (χ0v) is 9.46. The van der Waals surface area contributed by atoms with E-state index >= 15 is 0 Å². The molecule has 0 saturated heterocycles. The minimum atomic E-state index is -0.160. The Morgan fingerprint density at radius 3 is 2.81 bits per heavy atom. The quantitative estimate of drug-likeness (QED) is 0.307. The minimum absolute atomic E-state index is 0.160. The smallest absolute Gasteiger partial charge is 0.156 e. The Kier molecular flexibility index (Phi) is 4.13. The lowest BCUT2D eigenvalue weighted by Crippen LogP contribution is -2.39. The molecule has 0 spiro atoms. The molecule has 0 radical (unpaired) electrons. The van der Waals surface area contributed by atoms with E-state index in [0.717, 1.165) is 5.56 Å². The molecule has 5 heteroatoms. The summed E-state index contributed by atoms with van der Waals surface area (Å²) in [5.74, 6) is 0.407. The summed E-state index contributed by atoms with van der Waals surface area (Å²) in [6.07, 6.45) is 0. The highest BCUT2D eigenvalue weighted by molar-refractivity contribution is 5.84. The van der Waals surface area contributed by atoms with E-state index in [-0.39, 0.29) is 17.6 Å². The highest BCUT2D eigenvalue weighted by atomic mass is 16.4. The van der Waals surface area contributed by atoms with E-state index < -0.39 is 0 Å². The first-order chi connectivity index (χ1) is 7.54. The van der Waals surface area contributed by atoms with Gasteiger partial charge in [-0.2, -0.15) is 0 Å². The van der Waals surface area contributed by atoms with Crippen LogP contribution in [0.25, 0.3) is 0 Å². The molecular formula is C11H17N3O2. The zero-order chi connectivity index (χ0) is 12.1. The largest absolute Gasteiger partial charge is 0.508 e. The number of oxime groups is 1. The number of benzene rings is 1. The number of amidine groups is 1. The average molecular weight is 223 g/mol. The van der Waals surface area contributed by atoms with Crippen LogP contribution in [0, 0.1) is 0 Å². The highest BCUT2D eigenvalue weighted by Gasteiger charge is 2.13. The molecule has 0 aromatic heterocycles. The summed E-state index contributed by atoms with van der Waals surface area (Å²) in [5, 5.41) is 20.8. The topological polar surface area (TPSA) is 82.1 Å². The average Bonchev–Trinajstić information content (AvgIpc) is 2.27. The zero-order valence-electron chi connectivity index (χ0n) is 9.46. The predicted octanol–water partition coefficient (Wildman–Crippen LogP) is 0.959. The van der Waals surface area contributed by atoms with Crippen molar-refractivity contribution in [3.05, 3.63) is 29.8 Å². The molecule has 1 rings (SSSR count). The van der Waals surface area contributed by atoms with Crippen LogP contribution >= 0.6 is 0 Å². The van der Waals surface area contributed by atoms with Crippen LogP contribution in [-0.2, 0) is 6.54 Å². The van der Waals surface area contributed by atoms with Crippen LogP contribution in [-0.4, -0.2) is 34.1 Å². The number of rotatable bonds is 4. The second-order valence-electron chi connectivity index (χ2n) is 3.79. The van der Waals surface area contributed by atoms with E-state index in [0.29, 0.717) is 6.54 Å². The second kappa shape index (κ2) is 5.37. The van der Waals surface area contributed by atoms with E-state index in [2.05, 4.69) is 5.16 Å². The fraction of sp³-hybridized carbons (Fsp3) is 0.364. The Labute approximate surface area is 94.8 Å². The van der Waals surface area contributed by atoms with Gasteiger partial charge in [0.05, 0.1) is 6.04 Å². The van der Waals surface area contributed by atoms with E-state index in [1.165, 1.54) is 0 Å². The number of nitrogens with zero attached hydrogens (tertiary/aromatic N) is 2. The minimum Gasteiger partial charge on any atom is -0.508 e. The molecule has 1 aromatic carbocycles. The van der Waals surface area contributed by atoms with Crippen molar-refractivity contribution >= 4 is 5.84 Å². The molecule has 4 N–H and O–H groups in total. The van der Waals surface area contributed by atoms with Gasteiger partial charge in [0.2, 0.25) is 0 Å². The first-order valence-electron chi connectivity index (χ1n) is 5.00. The highest BCUT2D eigenvalue weighted by Crippen LogP contribution is 2.13. The summed E-state index contributed by atoms with van der Waals surface area (Å²) in [6, 6.07) is 6.85. The lowest BCUT2D eigenvalue weighted by molar-refractivity contribution is 0.279. The molecule has 0 aliphatic heterocycles. The van der Waals surface area contributed by atoms with E-state index in [4.69, 9.17) is 10.9 Å². The van der Waals surface area contributed by atoms with Gasteiger partial charge >= 0.3 is 0 Å². The molecule has 0 amide bonds. The Morgan fingerprint density at radius 2 is 2.25 bits per heavy atom. The van der Waals surface area contributed by atoms with Crippen LogP contribution < -0.4 is 5.73 Å². The third-order valence-electron chi connectivity index (χ3n) is 2.55. The third kappa shape index (κ3) is 3.13. The van der Waals surface area contributed by atoms with Crippen LogP contribution in [0.5, 0.6) is 5.75 Å². The molecule has 5 nitrogen and oxygen atoms in total. The van der Waals surface area contributed by atoms with E-state index in [1.54, 1.807) is 18.2 Å². The number of aromatic hydroxyl groups is 1. The van der Waals surface area contributed by atoms with Crippen LogP contribution in [0.2, 0.25) is 0 Å². The number of hydrogen-bond donors (Lipinski definition) is 3. The van der Waals surface area contributed by atoms with Gasteiger partial charge in [0.25, 0.3) is 0 Å². The first kappa shape index (κ1) is 12.3. The summed E-state index contributed by atoms with van der Waals surface area (Å²) in [6.45, 7) is 2.46. The van der Waals surface area contributed by atoms with Gasteiger partial charge in [-0.25, -0.2) is 0 Å². The predicted molar refractivity (Wildman–Crippen MR) is 62.4 cm³/mol.